The fourth-order valence-electron chi connectivity index (χ4n) is 2.05. The fourth-order valence-corrected chi connectivity index (χ4v) is 2.05. The van der Waals surface area contributed by atoms with Gasteiger partial charge in [0.2, 0.25) is 0 Å². The highest BCUT2D eigenvalue weighted by Gasteiger charge is 1.95. The van der Waals surface area contributed by atoms with Crippen molar-refractivity contribution in [3.8, 4) is 0 Å². The maximum absolute atomic E-state index is 10.3. The van der Waals surface area contributed by atoms with Crippen LogP contribution in [0.4, 0.5) is 0 Å². The molecule has 0 unspecified atom stereocenters. The van der Waals surface area contributed by atoms with Crippen molar-refractivity contribution in [1.29, 1.82) is 0 Å². The molecule has 0 saturated heterocycles. The minimum absolute atomic E-state index is 0.325. The van der Waals surface area contributed by atoms with Crippen LogP contribution >= 0.6 is 0 Å². The fraction of sp³-hybridized carbons (Fsp3) is 0.722. The van der Waals surface area contributed by atoms with Gasteiger partial charge in [0, 0.05) is 6.42 Å². The first-order valence-corrected chi connectivity index (χ1v) is 8.29. The van der Waals surface area contributed by atoms with Gasteiger partial charge in [-0.05, 0) is 38.5 Å². The van der Waals surface area contributed by atoms with Crippen LogP contribution in [-0.2, 0) is 4.79 Å². The molecule has 1 N–H and O–H groups in total. The van der Waals surface area contributed by atoms with Crippen LogP contribution in [0.15, 0.2) is 24.3 Å². The molecule has 0 bridgehead atoms. The van der Waals surface area contributed by atoms with Crippen LogP contribution < -0.4 is 0 Å². The summed E-state index contributed by atoms with van der Waals surface area (Å²) in [6.45, 7) is 2.22. The summed E-state index contributed by atoms with van der Waals surface area (Å²) >= 11 is 0. The molecule has 0 saturated carbocycles. The van der Waals surface area contributed by atoms with Crippen molar-refractivity contribution in [2.75, 3.05) is 0 Å². The Bertz CT molecular complexity index is 267. The molecule has 0 atom stereocenters. The van der Waals surface area contributed by atoms with E-state index in [0.717, 1.165) is 25.7 Å². The average molecular weight is 280 g/mol. The molecule has 0 amide bonds. The number of hydrogen-bond acceptors (Lipinski definition) is 1. The van der Waals surface area contributed by atoms with E-state index >= 15 is 0 Å². The van der Waals surface area contributed by atoms with Crippen molar-refractivity contribution in [1.82, 2.24) is 0 Å². The van der Waals surface area contributed by atoms with Crippen LogP contribution in [0.5, 0.6) is 0 Å². The average Bonchev–Trinajstić information content (AvgIpc) is 2.43. The van der Waals surface area contributed by atoms with Crippen molar-refractivity contribution in [3.63, 3.8) is 0 Å². The molecule has 20 heavy (non-hydrogen) atoms. The monoisotopic (exact) mass is 280 g/mol. The lowest BCUT2D eigenvalue weighted by Gasteiger charge is -1.98. The zero-order valence-corrected chi connectivity index (χ0v) is 13.2. The number of unbranched alkanes of at least 4 members (excludes halogenated alkanes) is 8. The second-order valence-corrected chi connectivity index (χ2v) is 5.36. The standard InChI is InChI=1S/C18H32O2/c1-2-3-4-5-6-7-8-9-10-11-12-13-14-15-16-17-18(19)20/h5-6,9-10H,2-4,7-8,11-17H2,1H3,(H,19,20)/b6-5+,10-9?. The largest absolute Gasteiger partial charge is 0.481 e. The molecular weight excluding hydrogens is 248 g/mol. The quantitative estimate of drug-likeness (QED) is 0.318. The summed E-state index contributed by atoms with van der Waals surface area (Å²) in [5, 5.41) is 8.50. The van der Waals surface area contributed by atoms with Gasteiger partial charge < -0.3 is 5.11 Å². The van der Waals surface area contributed by atoms with Gasteiger partial charge in [0.1, 0.15) is 0 Å². The van der Waals surface area contributed by atoms with E-state index in [2.05, 4.69) is 31.2 Å². The Morgan fingerprint density at radius 2 is 1.25 bits per heavy atom. The van der Waals surface area contributed by atoms with Gasteiger partial charge in [0.15, 0.2) is 0 Å². The molecule has 0 aliphatic rings. The SMILES string of the molecule is CCCC/C=C/CCC=CCCCCCCCC(=O)O. The van der Waals surface area contributed by atoms with Gasteiger partial charge in [-0.15, -0.1) is 0 Å². The van der Waals surface area contributed by atoms with E-state index < -0.39 is 5.97 Å². The van der Waals surface area contributed by atoms with Crippen LogP contribution in [0, 0.1) is 0 Å². The van der Waals surface area contributed by atoms with Crippen molar-refractivity contribution in [2.45, 2.75) is 84.0 Å². The van der Waals surface area contributed by atoms with Crippen LogP contribution in [0.2, 0.25) is 0 Å². The van der Waals surface area contributed by atoms with E-state index in [0.29, 0.717) is 6.42 Å². The molecule has 0 aromatic rings. The van der Waals surface area contributed by atoms with E-state index in [9.17, 15) is 4.79 Å². The zero-order valence-electron chi connectivity index (χ0n) is 13.2. The van der Waals surface area contributed by atoms with E-state index in [4.69, 9.17) is 5.11 Å². The minimum atomic E-state index is -0.670. The zero-order chi connectivity index (χ0) is 14.9. The number of carboxylic acids is 1. The first-order valence-electron chi connectivity index (χ1n) is 8.29. The third-order valence-electron chi connectivity index (χ3n) is 3.32. The van der Waals surface area contributed by atoms with Crippen molar-refractivity contribution in [3.05, 3.63) is 24.3 Å². The van der Waals surface area contributed by atoms with Crippen molar-refractivity contribution >= 4 is 5.97 Å². The molecule has 0 heterocycles. The molecule has 0 fully saturated rings. The van der Waals surface area contributed by atoms with E-state index in [1.165, 1.54) is 44.9 Å². The molecule has 0 aliphatic carbocycles. The van der Waals surface area contributed by atoms with Gasteiger partial charge in [-0.2, -0.15) is 0 Å². The topological polar surface area (TPSA) is 37.3 Å². The normalized spacial score (nSPS) is 11.7. The van der Waals surface area contributed by atoms with Crippen LogP contribution in [0.25, 0.3) is 0 Å². The Labute approximate surface area is 125 Å². The summed E-state index contributed by atoms with van der Waals surface area (Å²) in [5.74, 6) is -0.670. The number of carboxylic acid groups (broad SMARTS) is 1. The third kappa shape index (κ3) is 16.9. The van der Waals surface area contributed by atoms with Gasteiger partial charge in [-0.25, -0.2) is 0 Å². The molecule has 116 valence electrons. The summed E-state index contributed by atoms with van der Waals surface area (Å²) in [4.78, 5) is 10.3. The van der Waals surface area contributed by atoms with Gasteiger partial charge in [-0.1, -0.05) is 63.3 Å². The summed E-state index contributed by atoms with van der Waals surface area (Å²) in [7, 11) is 0. The molecule has 2 nitrogen and oxygen atoms in total. The minimum Gasteiger partial charge on any atom is -0.481 e. The number of carbonyl (C=O) groups is 1. The first-order chi connectivity index (χ1) is 9.77. The Morgan fingerprint density at radius 3 is 1.85 bits per heavy atom. The summed E-state index contributed by atoms with van der Waals surface area (Å²) in [5.41, 5.74) is 0. The molecule has 2 heteroatoms. The molecule has 0 aromatic heterocycles. The molecule has 0 radical (unpaired) electrons. The van der Waals surface area contributed by atoms with E-state index in [-0.39, 0.29) is 0 Å². The molecule has 0 spiro atoms. The van der Waals surface area contributed by atoms with Crippen molar-refractivity contribution < 1.29 is 9.90 Å². The van der Waals surface area contributed by atoms with Crippen LogP contribution in [-0.4, -0.2) is 11.1 Å². The van der Waals surface area contributed by atoms with Crippen LogP contribution in [0.1, 0.15) is 84.0 Å². The van der Waals surface area contributed by atoms with Gasteiger partial charge in [0.05, 0.1) is 0 Å². The number of rotatable bonds is 14. The molecule has 0 aromatic carbocycles. The van der Waals surface area contributed by atoms with E-state index in [1.54, 1.807) is 0 Å². The second-order valence-electron chi connectivity index (χ2n) is 5.36. The predicted octanol–water partition coefficient (Wildman–Crippen LogP) is 5.88. The summed E-state index contributed by atoms with van der Waals surface area (Å²) in [6.07, 6.45) is 22.3. The highest BCUT2D eigenvalue weighted by Crippen LogP contribution is 2.08. The lowest BCUT2D eigenvalue weighted by atomic mass is 10.1. The third-order valence-corrected chi connectivity index (χ3v) is 3.32. The predicted molar refractivity (Wildman–Crippen MR) is 87.0 cm³/mol. The Morgan fingerprint density at radius 1 is 0.750 bits per heavy atom. The van der Waals surface area contributed by atoms with Crippen LogP contribution in [0.3, 0.4) is 0 Å². The summed E-state index contributed by atoms with van der Waals surface area (Å²) in [6, 6.07) is 0. The van der Waals surface area contributed by atoms with Gasteiger partial charge in [0.25, 0.3) is 0 Å². The highest BCUT2D eigenvalue weighted by molar-refractivity contribution is 5.66. The maximum atomic E-state index is 10.3. The maximum Gasteiger partial charge on any atom is 0.303 e. The summed E-state index contributed by atoms with van der Waals surface area (Å²) < 4.78 is 0. The van der Waals surface area contributed by atoms with Gasteiger partial charge in [-0.3, -0.25) is 4.79 Å². The van der Waals surface area contributed by atoms with Crippen molar-refractivity contribution in [2.24, 2.45) is 0 Å². The highest BCUT2D eigenvalue weighted by atomic mass is 16.4. The lowest BCUT2D eigenvalue weighted by molar-refractivity contribution is -0.137. The molecule has 0 rings (SSSR count). The lowest BCUT2D eigenvalue weighted by Crippen LogP contribution is -1.93. The number of aliphatic carboxylic acids is 1. The molecule has 0 aliphatic heterocycles. The molecular formula is C18H32O2. The Kier molecular flexibility index (Phi) is 15.2. The first kappa shape index (κ1) is 18.9. The Hall–Kier alpha value is -1.05. The second kappa shape index (κ2) is 16.0. The van der Waals surface area contributed by atoms with E-state index in [1.807, 2.05) is 0 Å². The Balaban J connectivity index is 3.16. The van der Waals surface area contributed by atoms with Gasteiger partial charge >= 0.3 is 5.97 Å². The smallest absolute Gasteiger partial charge is 0.303 e. The number of allylic oxidation sites excluding steroid dienone is 4. The number of hydrogen-bond donors (Lipinski definition) is 1.